The molecule has 0 radical (unpaired) electrons. The molecule has 0 saturated heterocycles. The molecule has 1 amide bonds. The average Bonchev–Trinajstić information content (AvgIpc) is 2.65. The normalized spacial score (nSPS) is 13.6. The van der Waals surface area contributed by atoms with Crippen LogP contribution in [-0.2, 0) is 17.8 Å². The Labute approximate surface area is 107 Å². The van der Waals surface area contributed by atoms with Crippen molar-refractivity contribution in [2.75, 3.05) is 18.5 Å². The number of rotatable bonds is 5. The number of benzene rings is 1. The van der Waals surface area contributed by atoms with Crippen molar-refractivity contribution in [1.82, 2.24) is 5.32 Å². The van der Waals surface area contributed by atoms with Crippen LogP contribution in [0.25, 0.3) is 0 Å². The third kappa shape index (κ3) is 2.69. The Morgan fingerprint density at radius 1 is 1.50 bits per heavy atom. The molecule has 4 nitrogen and oxygen atoms in total. The van der Waals surface area contributed by atoms with Crippen LogP contribution in [0.4, 0.5) is 5.69 Å². The van der Waals surface area contributed by atoms with E-state index in [2.05, 4.69) is 17.5 Å². The summed E-state index contributed by atoms with van der Waals surface area (Å²) in [7, 11) is 1.81. The monoisotopic (exact) mass is 243 g/mol. The molecule has 0 atom stereocenters. The van der Waals surface area contributed by atoms with E-state index < -0.39 is 0 Å². The van der Waals surface area contributed by atoms with E-state index in [1.807, 2.05) is 19.2 Å². The predicted molar refractivity (Wildman–Crippen MR) is 70.1 cm³/mol. The molecule has 0 saturated carbocycles. The maximum atomic E-state index is 11.6. The summed E-state index contributed by atoms with van der Waals surface area (Å²) >= 11 is 0. The van der Waals surface area contributed by atoms with Crippen LogP contribution in [0.1, 0.15) is 24.0 Å². The first-order valence-electron chi connectivity index (χ1n) is 6.18. The number of anilines is 1. The minimum atomic E-state index is 0.157. The first-order valence-corrected chi connectivity index (χ1v) is 6.18. The lowest BCUT2D eigenvalue weighted by molar-refractivity contribution is -0.117. The van der Waals surface area contributed by atoms with Crippen molar-refractivity contribution in [3.63, 3.8) is 0 Å². The highest BCUT2D eigenvalue weighted by molar-refractivity contribution is 6.00. The predicted octanol–water partition coefficient (Wildman–Crippen LogP) is 1.60. The molecular weight excluding hydrogens is 226 g/mol. The van der Waals surface area contributed by atoms with E-state index in [9.17, 15) is 4.79 Å². The lowest BCUT2D eigenvalue weighted by atomic mass is 10.1. The molecule has 0 bridgehead atoms. The van der Waals surface area contributed by atoms with E-state index in [4.69, 9.17) is 5.26 Å². The third-order valence-electron chi connectivity index (χ3n) is 3.19. The molecule has 18 heavy (non-hydrogen) atoms. The van der Waals surface area contributed by atoms with Crippen LogP contribution in [0.15, 0.2) is 18.2 Å². The number of nitriles is 1. The van der Waals surface area contributed by atoms with Crippen molar-refractivity contribution in [3.8, 4) is 6.07 Å². The summed E-state index contributed by atoms with van der Waals surface area (Å²) in [6.45, 7) is 1.64. The van der Waals surface area contributed by atoms with Crippen molar-refractivity contribution in [2.24, 2.45) is 0 Å². The van der Waals surface area contributed by atoms with Crippen LogP contribution in [0.3, 0.4) is 0 Å². The van der Waals surface area contributed by atoms with Gasteiger partial charge in [-0.2, -0.15) is 5.26 Å². The number of amides is 1. The highest BCUT2D eigenvalue weighted by atomic mass is 16.2. The highest BCUT2D eigenvalue weighted by Crippen LogP contribution is 2.28. The van der Waals surface area contributed by atoms with Gasteiger partial charge in [-0.1, -0.05) is 12.1 Å². The van der Waals surface area contributed by atoms with Gasteiger partial charge < -0.3 is 10.2 Å². The molecule has 1 heterocycles. The fourth-order valence-electron chi connectivity index (χ4n) is 2.16. The van der Waals surface area contributed by atoms with Gasteiger partial charge >= 0.3 is 0 Å². The maximum absolute atomic E-state index is 11.6. The Kier molecular flexibility index (Phi) is 3.96. The van der Waals surface area contributed by atoms with Gasteiger partial charge in [0.25, 0.3) is 0 Å². The van der Waals surface area contributed by atoms with Crippen molar-refractivity contribution in [3.05, 3.63) is 29.3 Å². The number of nitrogens with zero attached hydrogens (tertiary/aromatic N) is 2. The number of fused-ring (bicyclic) bond motifs is 1. The number of hydrogen-bond donors (Lipinski definition) is 1. The van der Waals surface area contributed by atoms with Gasteiger partial charge in [0.1, 0.15) is 0 Å². The summed E-state index contributed by atoms with van der Waals surface area (Å²) in [4.78, 5) is 13.3. The highest BCUT2D eigenvalue weighted by Gasteiger charge is 2.23. The van der Waals surface area contributed by atoms with E-state index in [-0.39, 0.29) is 5.91 Å². The van der Waals surface area contributed by atoms with Crippen molar-refractivity contribution in [2.45, 2.75) is 25.8 Å². The summed E-state index contributed by atoms with van der Waals surface area (Å²) in [5.41, 5.74) is 3.32. The molecular formula is C14H17N3O. The molecule has 4 heteroatoms. The minimum Gasteiger partial charge on any atom is -0.315 e. The third-order valence-corrected chi connectivity index (χ3v) is 3.19. The maximum Gasteiger partial charge on any atom is 0.231 e. The van der Waals surface area contributed by atoms with E-state index in [0.29, 0.717) is 12.8 Å². The smallest absolute Gasteiger partial charge is 0.231 e. The Bertz CT molecular complexity index is 490. The summed E-state index contributed by atoms with van der Waals surface area (Å²) in [6, 6.07) is 8.27. The average molecular weight is 243 g/mol. The zero-order valence-electron chi connectivity index (χ0n) is 10.6. The Balaban J connectivity index is 1.91. The molecule has 1 aromatic rings. The van der Waals surface area contributed by atoms with Gasteiger partial charge in [-0.05, 0) is 30.2 Å². The lowest BCUT2D eigenvalue weighted by Crippen LogP contribution is -2.20. The second kappa shape index (κ2) is 5.65. The molecule has 0 aliphatic carbocycles. The van der Waals surface area contributed by atoms with Gasteiger partial charge in [0.2, 0.25) is 5.91 Å². The molecule has 1 N–H and O–H groups in total. The number of hydrogen-bond acceptors (Lipinski definition) is 3. The van der Waals surface area contributed by atoms with Crippen molar-refractivity contribution in [1.29, 1.82) is 5.26 Å². The minimum absolute atomic E-state index is 0.157. The summed E-state index contributed by atoms with van der Waals surface area (Å²) < 4.78 is 0. The number of likely N-dealkylation sites (N-methyl/N-ethyl adjacent to an activating group) is 1. The fourth-order valence-corrected chi connectivity index (χ4v) is 2.16. The first kappa shape index (κ1) is 12.6. The molecule has 1 aliphatic rings. The van der Waals surface area contributed by atoms with Gasteiger partial charge in [0.05, 0.1) is 12.5 Å². The standard InChI is InChI=1S/C14H17N3O/c1-17-13-5-4-11(8-12(13)9-14(17)18)10-16-7-3-2-6-15/h4-5,8,16H,2-3,7,9-10H2,1H3. The van der Waals surface area contributed by atoms with Crippen LogP contribution >= 0.6 is 0 Å². The number of carbonyl (C=O) groups excluding carboxylic acids is 1. The van der Waals surface area contributed by atoms with Gasteiger partial charge in [0.15, 0.2) is 0 Å². The van der Waals surface area contributed by atoms with Crippen molar-refractivity contribution >= 4 is 11.6 Å². The van der Waals surface area contributed by atoms with E-state index >= 15 is 0 Å². The van der Waals surface area contributed by atoms with Gasteiger partial charge in [-0.3, -0.25) is 4.79 Å². The lowest BCUT2D eigenvalue weighted by Gasteiger charge is -2.10. The second-order valence-electron chi connectivity index (χ2n) is 4.53. The SMILES string of the molecule is CN1C(=O)Cc2cc(CNCCCC#N)ccc21. The second-order valence-corrected chi connectivity index (χ2v) is 4.53. The van der Waals surface area contributed by atoms with Crippen LogP contribution in [-0.4, -0.2) is 19.5 Å². The van der Waals surface area contributed by atoms with E-state index in [0.717, 1.165) is 30.8 Å². The summed E-state index contributed by atoms with van der Waals surface area (Å²) in [5, 5.41) is 11.7. The molecule has 0 unspecified atom stereocenters. The van der Waals surface area contributed by atoms with Crippen LogP contribution in [0.5, 0.6) is 0 Å². The number of nitrogens with one attached hydrogen (secondary N) is 1. The number of unbranched alkanes of at least 4 members (excludes halogenated alkanes) is 1. The summed E-state index contributed by atoms with van der Waals surface area (Å²) in [5.74, 6) is 0.157. The quantitative estimate of drug-likeness (QED) is 0.799. The molecule has 94 valence electrons. The van der Waals surface area contributed by atoms with Crippen molar-refractivity contribution < 1.29 is 4.79 Å². The molecule has 0 fully saturated rings. The molecule has 1 aliphatic heterocycles. The molecule has 0 spiro atoms. The molecule has 1 aromatic carbocycles. The Morgan fingerprint density at radius 2 is 2.33 bits per heavy atom. The largest absolute Gasteiger partial charge is 0.315 e. The van der Waals surface area contributed by atoms with Crippen LogP contribution in [0, 0.1) is 11.3 Å². The number of carbonyl (C=O) groups is 1. The van der Waals surface area contributed by atoms with E-state index in [1.165, 1.54) is 5.56 Å². The van der Waals surface area contributed by atoms with Gasteiger partial charge in [-0.15, -0.1) is 0 Å². The Hall–Kier alpha value is -1.86. The fraction of sp³-hybridized carbons (Fsp3) is 0.429. The van der Waals surface area contributed by atoms with Gasteiger partial charge in [0, 0.05) is 25.7 Å². The van der Waals surface area contributed by atoms with Crippen LogP contribution in [0.2, 0.25) is 0 Å². The van der Waals surface area contributed by atoms with E-state index in [1.54, 1.807) is 4.90 Å². The Morgan fingerprint density at radius 3 is 3.11 bits per heavy atom. The summed E-state index contributed by atoms with van der Waals surface area (Å²) in [6.07, 6.45) is 1.98. The van der Waals surface area contributed by atoms with Gasteiger partial charge in [-0.25, -0.2) is 0 Å². The molecule has 2 rings (SSSR count). The van der Waals surface area contributed by atoms with Crippen LogP contribution < -0.4 is 10.2 Å². The topological polar surface area (TPSA) is 56.1 Å². The zero-order valence-corrected chi connectivity index (χ0v) is 10.6. The molecule has 0 aromatic heterocycles. The first-order chi connectivity index (χ1) is 8.72. The zero-order chi connectivity index (χ0) is 13.0.